The molecule has 0 bridgehead atoms. The fourth-order valence-electron chi connectivity index (χ4n) is 3.61. The average molecular weight is 494 g/mol. The zero-order valence-corrected chi connectivity index (χ0v) is 18.0. The predicted molar refractivity (Wildman–Crippen MR) is 114 cm³/mol. The molecule has 3 aromatic rings. The molecule has 7 nitrogen and oxygen atoms in total. The lowest BCUT2D eigenvalue weighted by molar-refractivity contribution is -0.176. The van der Waals surface area contributed by atoms with Crippen LogP contribution in [0.5, 0.6) is 0 Å². The van der Waals surface area contributed by atoms with Crippen molar-refractivity contribution in [2.75, 3.05) is 18.5 Å². The van der Waals surface area contributed by atoms with E-state index in [1.165, 1.54) is 41.1 Å². The monoisotopic (exact) mass is 494 g/mol. The summed E-state index contributed by atoms with van der Waals surface area (Å²) in [7, 11) is 0. The molecule has 1 fully saturated rings. The number of rotatable bonds is 7. The van der Waals surface area contributed by atoms with Gasteiger partial charge in [0.2, 0.25) is 11.8 Å². The number of carbonyl (C=O) groups excluding carboxylic acids is 2. The van der Waals surface area contributed by atoms with E-state index in [9.17, 15) is 31.5 Å². The molecule has 2 amide bonds. The van der Waals surface area contributed by atoms with E-state index in [0.717, 1.165) is 12.1 Å². The van der Waals surface area contributed by atoms with Crippen LogP contribution in [-0.2, 0) is 20.9 Å². The largest absolute Gasteiger partial charge is 0.411 e. The molecule has 0 saturated carbocycles. The summed E-state index contributed by atoms with van der Waals surface area (Å²) in [6.07, 6.45) is -4.49. The van der Waals surface area contributed by atoms with Gasteiger partial charge in [-0.05, 0) is 48.0 Å². The maximum atomic E-state index is 14.4. The first-order chi connectivity index (χ1) is 16.6. The molecule has 2 N–H and O–H groups in total. The minimum absolute atomic E-state index is 0.0303. The fraction of sp³-hybridized carbons (Fsp3) is 0.261. The third-order valence-electron chi connectivity index (χ3n) is 5.17. The van der Waals surface area contributed by atoms with E-state index >= 15 is 0 Å². The Morgan fingerprint density at radius 2 is 1.86 bits per heavy atom. The first-order valence-corrected chi connectivity index (χ1v) is 10.5. The lowest BCUT2D eigenvalue weighted by atomic mass is 10.1. The van der Waals surface area contributed by atoms with Crippen LogP contribution in [-0.4, -0.2) is 40.9 Å². The van der Waals surface area contributed by atoms with Crippen LogP contribution in [0.4, 0.5) is 27.8 Å². The number of aromatic nitrogens is 2. The molecule has 1 saturated heterocycles. The summed E-state index contributed by atoms with van der Waals surface area (Å²) in [5.41, 5.74) is 1.06. The van der Waals surface area contributed by atoms with Crippen molar-refractivity contribution in [2.24, 2.45) is 5.92 Å². The first-order valence-electron chi connectivity index (χ1n) is 10.5. The highest BCUT2D eigenvalue weighted by Gasteiger charge is 2.29. The summed E-state index contributed by atoms with van der Waals surface area (Å²) in [4.78, 5) is 23.9. The molecular weight excluding hydrogens is 475 g/mol. The van der Waals surface area contributed by atoms with Gasteiger partial charge in [-0.1, -0.05) is 0 Å². The highest BCUT2D eigenvalue weighted by Crippen LogP contribution is 2.29. The molecule has 0 spiro atoms. The fourth-order valence-corrected chi connectivity index (χ4v) is 3.61. The van der Waals surface area contributed by atoms with Crippen molar-refractivity contribution in [3.05, 3.63) is 65.7 Å². The molecule has 2 heterocycles. The van der Waals surface area contributed by atoms with Gasteiger partial charge in [0, 0.05) is 24.6 Å². The van der Waals surface area contributed by atoms with Crippen LogP contribution in [0.25, 0.3) is 16.9 Å². The molecule has 1 aliphatic rings. The Morgan fingerprint density at radius 1 is 1.11 bits per heavy atom. The summed E-state index contributed by atoms with van der Waals surface area (Å²) in [6.45, 7) is -1.79. The molecule has 1 aromatic heterocycles. The maximum absolute atomic E-state index is 14.4. The highest BCUT2D eigenvalue weighted by atomic mass is 19.4. The smallest absolute Gasteiger partial charge is 0.367 e. The Morgan fingerprint density at radius 3 is 2.51 bits per heavy atom. The molecule has 184 valence electrons. The van der Waals surface area contributed by atoms with Gasteiger partial charge in [-0.3, -0.25) is 9.59 Å². The Balaban J connectivity index is 1.66. The summed E-state index contributed by atoms with van der Waals surface area (Å²) in [6, 6.07) is 10.3. The van der Waals surface area contributed by atoms with Crippen molar-refractivity contribution in [1.82, 2.24) is 15.1 Å². The van der Waals surface area contributed by atoms with Gasteiger partial charge in [-0.25, -0.2) is 13.5 Å². The van der Waals surface area contributed by atoms with Crippen LogP contribution in [0.2, 0.25) is 0 Å². The normalized spacial score (nSPS) is 15.8. The quantitative estimate of drug-likeness (QED) is 0.487. The number of nitrogens with one attached hydrogen (secondary N) is 2. The van der Waals surface area contributed by atoms with Gasteiger partial charge in [-0.15, -0.1) is 5.10 Å². The molecule has 12 heteroatoms. The molecule has 2 aromatic carbocycles. The first kappa shape index (κ1) is 24.3. The average Bonchev–Trinajstić information content (AvgIpc) is 3.39. The lowest BCUT2D eigenvalue weighted by Crippen LogP contribution is -2.24. The van der Waals surface area contributed by atoms with Gasteiger partial charge in [0.1, 0.15) is 18.2 Å². The second-order valence-corrected chi connectivity index (χ2v) is 7.95. The van der Waals surface area contributed by atoms with Gasteiger partial charge in [0.25, 0.3) is 0 Å². The second kappa shape index (κ2) is 9.82. The van der Waals surface area contributed by atoms with Crippen molar-refractivity contribution in [1.29, 1.82) is 0 Å². The summed E-state index contributed by atoms with van der Waals surface area (Å²) < 4.78 is 71.0. The molecule has 0 aliphatic carbocycles. The third-order valence-corrected chi connectivity index (χ3v) is 5.17. The Bertz CT molecular complexity index is 1240. The van der Waals surface area contributed by atoms with E-state index in [1.807, 2.05) is 0 Å². The van der Waals surface area contributed by atoms with Crippen molar-refractivity contribution in [3.8, 4) is 16.9 Å². The number of alkyl halides is 3. The van der Waals surface area contributed by atoms with Crippen LogP contribution >= 0.6 is 0 Å². The van der Waals surface area contributed by atoms with Gasteiger partial charge in [-0.2, -0.15) is 13.2 Å². The van der Waals surface area contributed by atoms with Crippen LogP contribution in [0.1, 0.15) is 12.0 Å². The van der Waals surface area contributed by atoms with Crippen molar-refractivity contribution in [2.45, 2.75) is 19.2 Å². The van der Waals surface area contributed by atoms with E-state index in [-0.39, 0.29) is 41.5 Å². The number of hydrogen-bond acceptors (Lipinski definition) is 4. The number of ether oxygens (including phenoxy) is 1. The number of nitrogens with zero attached hydrogens (tertiary/aromatic N) is 2. The van der Waals surface area contributed by atoms with Crippen molar-refractivity contribution >= 4 is 17.6 Å². The summed E-state index contributed by atoms with van der Waals surface area (Å²) in [5.74, 6) is -2.41. The summed E-state index contributed by atoms with van der Waals surface area (Å²) in [5, 5.41) is 9.50. The molecular formula is C23H19F5N4O3. The predicted octanol–water partition coefficient (Wildman–Crippen LogP) is 3.97. The number of benzene rings is 2. The van der Waals surface area contributed by atoms with Gasteiger partial charge >= 0.3 is 6.18 Å². The highest BCUT2D eigenvalue weighted by molar-refractivity contribution is 5.97. The Kier molecular flexibility index (Phi) is 6.83. The molecule has 35 heavy (non-hydrogen) atoms. The van der Waals surface area contributed by atoms with Gasteiger partial charge < -0.3 is 15.4 Å². The molecule has 4 rings (SSSR count). The van der Waals surface area contributed by atoms with E-state index in [4.69, 9.17) is 0 Å². The number of hydrogen-bond donors (Lipinski definition) is 2. The van der Waals surface area contributed by atoms with Crippen LogP contribution in [0.15, 0.2) is 48.5 Å². The Labute approximate surface area is 195 Å². The number of anilines is 1. The maximum Gasteiger partial charge on any atom is 0.411 e. The zero-order chi connectivity index (χ0) is 25.2. The zero-order valence-electron chi connectivity index (χ0n) is 18.0. The molecule has 0 radical (unpaired) electrons. The van der Waals surface area contributed by atoms with Gasteiger partial charge in [0.05, 0.1) is 23.9 Å². The van der Waals surface area contributed by atoms with Crippen molar-refractivity contribution < 1.29 is 36.3 Å². The third kappa shape index (κ3) is 6.21. The van der Waals surface area contributed by atoms with Crippen LogP contribution in [0, 0.1) is 17.6 Å². The van der Waals surface area contributed by atoms with E-state index in [1.54, 1.807) is 0 Å². The lowest BCUT2D eigenvalue weighted by Gasteiger charge is -2.11. The van der Waals surface area contributed by atoms with Crippen LogP contribution < -0.4 is 10.6 Å². The number of amides is 2. The minimum atomic E-state index is -4.52. The molecule has 1 aliphatic heterocycles. The standard InChI is InChI=1S/C23H19F5N4O3/c24-16-1-3-18(4-2-16)32-19(9-20(31-32)30-22(34)15-8-21(33)29-10-15)14-5-13(6-17(25)7-14)11-35-12-23(26,27)28/h1-7,9,15H,8,10-12H2,(H,29,33)(H,30,31,34)/t15-/m0/s1. The van der Waals surface area contributed by atoms with E-state index < -0.39 is 42.8 Å². The minimum Gasteiger partial charge on any atom is -0.367 e. The van der Waals surface area contributed by atoms with E-state index in [2.05, 4.69) is 20.5 Å². The number of carbonyl (C=O) groups is 2. The molecule has 0 unspecified atom stereocenters. The summed E-state index contributed by atoms with van der Waals surface area (Å²) >= 11 is 0. The van der Waals surface area contributed by atoms with Crippen molar-refractivity contribution in [3.63, 3.8) is 0 Å². The SMILES string of the molecule is O=C1C[C@H](C(=O)Nc2cc(-c3cc(F)cc(COCC(F)(F)F)c3)n(-c3ccc(F)cc3)n2)CN1. The topological polar surface area (TPSA) is 85.2 Å². The number of halogens is 5. The van der Waals surface area contributed by atoms with Gasteiger partial charge in [0.15, 0.2) is 5.82 Å². The second-order valence-electron chi connectivity index (χ2n) is 7.95. The molecule has 1 atom stereocenters. The van der Waals surface area contributed by atoms with Crippen LogP contribution in [0.3, 0.4) is 0 Å². The van der Waals surface area contributed by atoms with E-state index in [0.29, 0.717) is 5.69 Å². The Hall–Kier alpha value is -3.80.